The Morgan fingerprint density at radius 2 is 2.00 bits per heavy atom. The van der Waals surface area contributed by atoms with Crippen molar-refractivity contribution in [2.75, 3.05) is 4.90 Å². The van der Waals surface area contributed by atoms with Crippen LogP contribution in [0.1, 0.15) is 32.6 Å². The molecule has 3 atom stereocenters. The number of anilines is 1. The molecule has 2 fully saturated rings. The largest absolute Gasteiger partial charge is 0.351 e. The SMILES string of the molecule is CCC[C@@H]1C[C@@H]2N(c3ccc(Br)cc3)[C@]2(C=O)CC1(C#N)C#N. The second-order valence-corrected chi connectivity index (χ2v) is 7.48. The molecule has 0 unspecified atom stereocenters. The van der Waals surface area contributed by atoms with E-state index < -0.39 is 11.0 Å². The molecule has 0 spiro atoms. The van der Waals surface area contributed by atoms with Gasteiger partial charge in [-0.15, -0.1) is 0 Å². The third-order valence-corrected chi connectivity index (χ3v) is 5.91. The minimum absolute atomic E-state index is 0.0287. The van der Waals surface area contributed by atoms with Gasteiger partial charge in [-0.2, -0.15) is 10.5 Å². The molecule has 0 bridgehead atoms. The molecule has 1 saturated heterocycles. The van der Waals surface area contributed by atoms with Crippen molar-refractivity contribution in [1.82, 2.24) is 0 Å². The lowest BCUT2D eigenvalue weighted by Crippen LogP contribution is -2.41. The number of nitrogens with zero attached hydrogens (tertiary/aromatic N) is 3. The van der Waals surface area contributed by atoms with Gasteiger partial charge in [-0.3, -0.25) is 0 Å². The fourth-order valence-corrected chi connectivity index (χ4v) is 4.45. The number of aldehydes is 1. The Morgan fingerprint density at radius 1 is 1.35 bits per heavy atom. The molecule has 2 aliphatic rings. The van der Waals surface area contributed by atoms with Gasteiger partial charge in [-0.25, -0.2) is 0 Å². The maximum Gasteiger partial charge on any atom is 0.149 e. The zero-order valence-corrected chi connectivity index (χ0v) is 14.6. The molecule has 3 rings (SSSR count). The molecule has 1 aromatic rings. The van der Waals surface area contributed by atoms with Gasteiger partial charge < -0.3 is 9.69 Å². The Bertz CT molecular complexity index is 688. The first-order chi connectivity index (χ1) is 11.1. The predicted molar refractivity (Wildman–Crippen MR) is 90.5 cm³/mol. The minimum Gasteiger partial charge on any atom is -0.351 e. The summed E-state index contributed by atoms with van der Waals surface area (Å²) in [6, 6.07) is 12.4. The summed E-state index contributed by atoms with van der Waals surface area (Å²) in [4.78, 5) is 14.0. The van der Waals surface area contributed by atoms with Crippen molar-refractivity contribution in [3.05, 3.63) is 28.7 Å². The molecule has 118 valence electrons. The number of carbonyl (C=O) groups excluding carboxylic acids is 1. The van der Waals surface area contributed by atoms with Crippen LogP contribution in [0.15, 0.2) is 28.7 Å². The van der Waals surface area contributed by atoms with Crippen molar-refractivity contribution in [2.24, 2.45) is 11.3 Å². The Morgan fingerprint density at radius 3 is 2.52 bits per heavy atom. The van der Waals surface area contributed by atoms with Gasteiger partial charge in [0.1, 0.15) is 17.2 Å². The van der Waals surface area contributed by atoms with E-state index in [9.17, 15) is 15.3 Å². The van der Waals surface area contributed by atoms with Crippen molar-refractivity contribution >= 4 is 27.9 Å². The van der Waals surface area contributed by atoms with Gasteiger partial charge in [-0.05, 0) is 43.0 Å². The molecular formula is C18H18BrN3O. The van der Waals surface area contributed by atoms with Gasteiger partial charge in [0.15, 0.2) is 0 Å². The smallest absolute Gasteiger partial charge is 0.149 e. The molecule has 0 amide bonds. The van der Waals surface area contributed by atoms with E-state index >= 15 is 0 Å². The molecule has 0 N–H and O–H groups in total. The number of hydrogen-bond donors (Lipinski definition) is 0. The van der Waals surface area contributed by atoms with Gasteiger partial charge in [0.2, 0.25) is 0 Å². The fourth-order valence-electron chi connectivity index (χ4n) is 4.18. The van der Waals surface area contributed by atoms with Crippen molar-refractivity contribution in [3.8, 4) is 12.1 Å². The number of benzene rings is 1. The first kappa shape index (κ1) is 16.0. The highest BCUT2D eigenvalue weighted by Crippen LogP contribution is 2.60. The topological polar surface area (TPSA) is 67.7 Å². The second kappa shape index (κ2) is 5.65. The highest BCUT2D eigenvalue weighted by Gasteiger charge is 2.70. The van der Waals surface area contributed by atoms with Crippen LogP contribution in [0, 0.1) is 34.0 Å². The summed E-state index contributed by atoms with van der Waals surface area (Å²) in [7, 11) is 0. The highest BCUT2D eigenvalue weighted by atomic mass is 79.9. The number of carbonyl (C=O) groups is 1. The van der Waals surface area contributed by atoms with Crippen molar-refractivity contribution in [2.45, 2.75) is 44.2 Å². The fraction of sp³-hybridized carbons (Fsp3) is 0.500. The summed E-state index contributed by atoms with van der Waals surface area (Å²) < 4.78 is 0.985. The average molecular weight is 372 g/mol. The summed E-state index contributed by atoms with van der Waals surface area (Å²) >= 11 is 3.42. The lowest BCUT2D eigenvalue weighted by molar-refractivity contribution is -0.110. The Hall–Kier alpha value is -1.85. The maximum absolute atomic E-state index is 11.9. The predicted octanol–water partition coefficient (Wildman–Crippen LogP) is 3.82. The number of rotatable bonds is 4. The lowest BCUT2D eigenvalue weighted by atomic mass is 9.63. The number of halogens is 1. The zero-order valence-electron chi connectivity index (χ0n) is 13.0. The van der Waals surface area contributed by atoms with E-state index in [-0.39, 0.29) is 12.0 Å². The standard InChI is InChI=1S/C18H18BrN3O/c1-2-3-13-8-16-18(12-23,9-17(13,10-20)11-21)22(16)15-6-4-14(19)5-7-15/h4-7,12-13,16H,2-3,8-9H2,1H3/t13-,16+,18+,22?/m1/s1. The van der Waals surface area contributed by atoms with Crippen LogP contribution in [0.25, 0.3) is 0 Å². The van der Waals surface area contributed by atoms with Gasteiger partial charge in [0.25, 0.3) is 0 Å². The average Bonchev–Trinajstić information content (AvgIpc) is 3.22. The quantitative estimate of drug-likeness (QED) is 0.595. The van der Waals surface area contributed by atoms with Crippen LogP contribution in [0.2, 0.25) is 0 Å². The molecule has 23 heavy (non-hydrogen) atoms. The normalized spacial score (nSPS) is 30.7. The van der Waals surface area contributed by atoms with Gasteiger partial charge >= 0.3 is 0 Å². The molecule has 0 radical (unpaired) electrons. The van der Waals surface area contributed by atoms with E-state index in [4.69, 9.17) is 0 Å². The van der Waals surface area contributed by atoms with E-state index in [0.717, 1.165) is 35.7 Å². The number of fused-ring (bicyclic) bond motifs is 1. The lowest BCUT2D eigenvalue weighted by Gasteiger charge is -2.34. The van der Waals surface area contributed by atoms with Gasteiger partial charge in [0.05, 0.1) is 18.2 Å². The summed E-state index contributed by atoms with van der Waals surface area (Å²) in [6.45, 7) is 2.07. The third kappa shape index (κ3) is 2.26. The van der Waals surface area contributed by atoms with Crippen molar-refractivity contribution < 1.29 is 4.79 Å². The van der Waals surface area contributed by atoms with Crippen molar-refractivity contribution in [1.29, 1.82) is 10.5 Å². The molecule has 1 heterocycles. The molecule has 1 aliphatic carbocycles. The van der Waals surface area contributed by atoms with Crippen molar-refractivity contribution in [3.63, 3.8) is 0 Å². The zero-order chi connectivity index (χ0) is 16.7. The minimum atomic E-state index is -1.06. The number of nitriles is 2. The number of hydrogen-bond acceptors (Lipinski definition) is 4. The van der Waals surface area contributed by atoms with Crippen LogP contribution in [0.4, 0.5) is 5.69 Å². The molecule has 5 heteroatoms. The maximum atomic E-state index is 11.9. The Labute approximate surface area is 144 Å². The first-order valence-electron chi connectivity index (χ1n) is 7.90. The van der Waals surface area contributed by atoms with E-state index in [1.54, 1.807) is 0 Å². The van der Waals surface area contributed by atoms with E-state index in [0.29, 0.717) is 6.42 Å². The summed E-state index contributed by atoms with van der Waals surface area (Å²) in [5, 5.41) is 19.3. The summed E-state index contributed by atoms with van der Waals surface area (Å²) in [5.41, 5.74) is -0.770. The Kier molecular flexibility index (Phi) is 3.94. The van der Waals surface area contributed by atoms with E-state index in [1.807, 2.05) is 24.3 Å². The molecule has 1 aromatic carbocycles. The van der Waals surface area contributed by atoms with E-state index in [1.165, 1.54) is 0 Å². The van der Waals surface area contributed by atoms with Crippen LogP contribution in [-0.2, 0) is 4.79 Å². The van der Waals surface area contributed by atoms with Crippen LogP contribution in [-0.4, -0.2) is 17.9 Å². The second-order valence-electron chi connectivity index (χ2n) is 6.56. The van der Waals surface area contributed by atoms with Crippen LogP contribution >= 0.6 is 15.9 Å². The monoisotopic (exact) mass is 371 g/mol. The third-order valence-electron chi connectivity index (χ3n) is 5.38. The van der Waals surface area contributed by atoms with Crippen LogP contribution in [0.3, 0.4) is 0 Å². The van der Waals surface area contributed by atoms with Crippen LogP contribution < -0.4 is 4.90 Å². The summed E-state index contributed by atoms with van der Waals surface area (Å²) in [6.07, 6.45) is 3.77. The van der Waals surface area contributed by atoms with Gasteiger partial charge in [0, 0.05) is 16.6 Å². The molecule has 1 aliphatic heterocycles. The Balaban J connectivity index is 1.97. The first-order valence-corrected chi connectivity index (χ1v) is 8.70. The molecule has 1 saturated carbocycles. The molecular weight excluding hydrogens is 354 g/mol. The van der Waals surface area contributed by atoms with Crippen LogP contribution in [0.5, 0.6) is 0 Å². The molecule has 0 aromatic heterocycles. The summed E-state index contributed by atoms with van der Waals surface area (Å²) in [5.74, 6) is 0.0287. The molecule has 4 nitrogen and oxygen atoms in total. The van der Waals surface area contributed by atoms with E-state index in [2.05, 4.69) is 39.9 Å². The van der Waals surface area contributed by atoms with Gasteiger partial charge in [-0.1, -0.05) is 29.3 Å². The highest BCUT2D eigenvalue weighted by molar-refractivity contribution is 9.10.